The maximum absolute atomic E-state index is 13.6. The van der Waals surface area contributed by atoms with Crippen LogP contribution in [0.1, 0.15) is 32.3 Å². The third-order valence-corrected chi connectivity index (χ3v) is 4.01. The zero-order valence-electron chi connectivity index (χ0n) is 13.5. The highest BCUT2D eigenvalue weighted by atomic mass is 19.1. The number of ketones is 1. The molecule has 0 saturated carbocycles. The molecular weight excluding hydrogens is 333 g/mol. The lowest BCUT2D eigenvalue weighted by Crippen LogP contribution is -2.33. The van der Waals surface area contributed by atoms with E-state index in [0.717, 1.165) is 13.0 Å². The van der Waals surface area contributed by atoms with Crippen molar-refractivity contribution in [3.8, 4) is 0 Å². The molecule has 2 amide bonds. The number of nitrogens with zero attached hydrogens (tertiary/aromatic N) is 1. The summed E-state index contributed by atoms with van der Waals surface area (Å²) >= 11 is 0. The number of hydrogen-bond donors (Lipinski definition) is 0. The van der Waals surface area contributed by atoms with Gasteiger partial charge in [0.25, 0.3) is 11.7 Å². The third-order valence-electron chi connectivity index (χ3n) is 4.01. The lowest BCUT2D eigenvalue weighted by Gasteiger charge is -2.25. The van der Waals surface area contributed by atoms with E-state index < -0.39 is 46.6 Å². The predicted molar refractivity (Wildman–Crippen MR) is 79.7 cm³/mol. The molecule has 1 saturated heterocycles. The first-order valence-electron chi connectivity index (χ1n) is 7.52. The molecule has 25 heavy (non-hydrogen) atoms. The maximum atomic E-state index is 13.6. The number of amides is 2. The second-order valence-corrected chi connectivity index (χ2v) is 5.83. The van der Waals surface area contributed by atoms with Crippen LogP contribution in [0.25, 0.3) is 0 Å². The topological polar surface area (TPSA) is 90.0 Å². The van der Waals surface area contributed by atoms with Crippen molar-refractivity contribution in [2.75, 3.05) is 0 Å². The van der Waals surface area contributed by atoms with Crippen LogP contribution in [-0.4, -0.2) is 28.5 Å². The molecule has 8 heteroatoms. The van der Waals surface area contributed by atoms with Crippen molar-refractivity contribution in [1.82, 2.24) is 4.90 Å². The summed E-state index contributed by atoms with van der Waals surface area (Å²) in [4.78, 5) is 48.9. The van der Waals surface area contributed by atoms with E-state index in [1.165, 1.54) is 25.1 Å². The van der Waals surface area contributed by atoms with Gasteiger partial charge in [0.2, 0.25) is 17.6 Å². The number of esters is 1. The summed E-state index contributed by atoms with van der Waals surface area (Å²) in [5.74, 6) is -4.29. The minimum Gasteiger partial charge on any atom is -0.456 e. The standard InChI is InChI=1S/C17H14FNO6/c1-9(20)24-14-15(23)17(2,10-4-3-5-11(18)8-10)25-16(14)19-12(21)6-7-13(19)22/h3-5,8H,6-7H2,1-2H3. The molecule has 2 aliphatic heterocycles. The molecule has 3 rings (SSSR count). The molecule has 0 aromatic heterocycles. The molecule has 0 aliphatic carbocycles. The fraction of sp³-hybridized carbons (Fsp3) is 0.294. The number of hydrogen-bond acceptors (Lipinski definition) is 6. The number of likely N-dealkylation sites (tertiary alicyclic amines) is 1. The Morgan fingerprint density at radius 3 is 2.44 bits per heavy atom. The van der Waals surface area contributed by atoms with E-state index in [4.69, 9.17) is 9.47 Å². The quantitative estimate of drug-likeness (QED) is 0.608. The molecular formula is C17H14FNO6. The number of Topliss-reactive ketones (excluding diaryl/α,β-unsaturated/α-hetero) is 1. The third kappa shape index (κ3) is 2.69. The van der Waals surface area contributed by atoms with Crippen LogP contribution in [-0.2, 0) is 34.3 Å². The molecule has 130 valence electrons. The zero-order chi connectivity index (χ0) is 18.4. The average molecular weight is 347 g/mol. The summed E-state index contributed by atoms with van der Waals surface area (Å²) in [6.07, 6.45) is -0.0756. The van der Waals surface area contributed by atoms with Crippen LogP contribution < -0.4 is 0 Å². The van der Waals surface area contributed by atoms with Gasteiger partial charge in [-0.2, -0.15) is 0 Å². The van der Waals surface area contributed by atoms with Crippen LogP contribution in [0.2, 0.25) is 0 Å². The highest BCUT2D eigenvalue weighted by Crippen LogP contribution is 2.41. The molecule has 0 radical (unpaired) electrons. The molecule has 1 atom stereocenters. The Bertz CT molecular complexity index is 829. The zero-order valence-corrected chi connectivity index (χ0v) is 13.5. The van der Waals surface area contributed by atoms with E-state index in [0.29, 0.717) is 4.90 Å². The van der Waals surface area contributed by atoms with Crippen LogP contribution in [0.15, 0.2) is 35.9 Å². The van der Waals surface area contributed by atoms with Crippen molar-refractivity contribution >= 4 is 23.6 Å². The number of halogens is 1. The summed E-state index contributed by atoms with van der Waals surface area (Å²) in [7, 11) is 0. The Balaban J connectivity index is 2.09. The first-order chi connectivity index (χ1) is 11.7. The summed E-state index contributed by atoms with van der Waals surface area (Å²) in [5.41, 5.74) is -1.57. The van der Waals surface area contributed by atoms with Gasteiger partial charge in [-0.1, -0.05) is 12.1 Å². The van der Waals surface area contributed by atoms with Crippen molar-refractivity contribution in [2.45, 2.75) is 32.3 Å². The van der Waals surface area contributed by atoms with Crippen molar-refractivity contribution in [3.05, 3.63) is 47.3 Å². The van der Waals surface area contributed by atoms with Crippen LogP contribution in [0.5, 0.6) is 0 Å². The van der Waals surface area contributed by atoms with Gasteiger partial charge in [0.1, 0.15) is 5.82 Å². The Morgan fingerprint density at radius 1 is 1.24 bits per heavy atom. The van der Waals surface area contributed by atoms with Crippen molar-refractivity contribution in [1.29, 1.82) is 0 Å². The minimum atomic E-state index is -1.73. The number of rotatable bonds is 3. The number of carbonyl (C=O) groups excluding carboxylic acids is 4. The van der Waals surface area contributed by atoms with Crippen LogP contribution in [0.3, 0.4) is 0 Å². The Morgan fingerprint density at radius 2 is 1.88 bits per heavy atom. The van der Waals surface area contributed by atoms with Gasteiger partial charge >= 0.3 is 5.97 Å². The molecule has 1 aromatic rings. The monoisotopic (exact) mass is 347 g/mol. The second-order valence-electron chi connectivity index (χ2n) is 5.83. The SMILES string of the molecule is CC(=O)OC1=C(N2C(=O)CCC2=O)OC(C)(c2cccc(F)c2)C1=O. The Labute approximate surface area is 142 Å². The van der Waals surface area contributed by atoms with Crippen molar-refractivity contribution < 1.29 is 33.0 Å². The molecule has 2 aliphatic rings. The first-order valence-corrected chi connectivity index (χ1v) is 7.52. The summed E-state index contributed by atoms with van der Waals surface area (Å²) in [6, 6.07) is 5.14. The van der Waals surface area contributed by atoms with Gasteiger partial charge in [-0.3, -0.25) is 19.2 Å². The highest BCUT2D eigenvalue weighted by molar-refractivity contribution is 6.08. The molecule has 1 unspecified atom stereocenters. The molecule has 0 spiro atoms. The van der Waals surface area contributed by atoms with E-state index in [1.54, 1.807) is 0 Å². The molecule has 1 aromatic carbocycles. The molecule has 2 heterocycles. The van der Waals surface area contributed by atoms with Gasteiger partial charge in [-0.25, -0.2) is 9.29 Å². The van der Waals surface area contributed by atoms with E-state index in [9.17, 15) is 23.6 Å². The normalized spacial score (nSPS) is 23.3. The molecule has 0 bridgehead atoms. The lowest BCUT2D eigenvalue weighted by atomic mass is 9.91. The van der Waals surface area contributed by atoms with Crippen molar-refractivity contribution in [3.63, 3.8) is 0 Å². The predicted octanol–water partition coefficient (Wildman–Crippen LogP) is 1.52. The molecule has 7 nitrogen and oxygen atoms in total. The fourth-order valence-electron chi connectivity index (χ4n) is 2.76. The van der Waals surface area contributed by atoms with Crippen LogP contribution in [0.4, 0.5) is 4.39 Å². The number of carbonyl (C=O) groups is 4. The molecule has 0 N–H and O–H groups in total. The van der Waals surface area contributed by atoms with E-state index in [1.807, 2.05) is 0 Å². The molecule has 1 fully saturated rings. The Hall–Kier alpha value is -3.03. The first kappa shape index (κ1) is 16.8. The van der Waals surface area contributed by atoms with Crippen molar-refractivity contribution in [2.24, 2.45) is 0 Å². The van der Waals surface area contributed by atoms with Crippen LogP contribution in [0, 0.1) is 5.82 Å². The van der Waals surface area contributed by atoms with Gasteiger partial charge in [0.05, 0.1) is 0 Å². The summed E-state index contributed by atoms with van der Waals surface area (Å²) in [5, 5.41) is 0. The van der Waals surface area contributed by atoms with Crippen LogP contribution >= 0.6 is 0 Å². The maximum Gasteiger partial charge on any atom is 0.308 e. The number of benzene rings is 1. The van der Waals surface area contributed by atoms with E-state index in [2.05, 4.69) is 0 Å². The van der Waals surface area contributed by atoms with Gasteiger partial charge < -0.3 is 9.47 Å². The summed E-state index contributed by atoms with van der Waals surface area (Å²) < 4.78 is 24.1. The lowest BCUT2D eigenvalue weighted by molar-refractivity contribution is -0.144. The van der Waals surface area contributed by atoms with Gasteiger partial charge in [-0.15, -0.1) is 0 Å². The van der Waals surface area contributed by atoms with Gasteiger partial charge in [-0.05, 0) is 19.1 Å². The van der Waals surface area contributed by atoms with E-state index in [-0.39, 0.29) is 18.4 Å². The fourth-order valence-corrected chi connectivity index (χ4v) is 2.76. The number of ether oxygens (including phenoxy) is 2. The largest absolute Gasteiger partial charge is 0.456 e. The second kappa shape index (κ2) is 5.80. The van der Waals surface area contributed by atoms with Gasteiger partial charge in [0, 0.05) is 25.3 Å². The highest BCUT2D eigenvalue weighted by Gasteiger charge is 2.53. The van der Waals surface area contributed by atoms with Gasteiger partial charge in [0.15, 0.2) is 5.60 Å². The number of imide groups is 1. The average Bonchev–Trinajstić information content (AvgIpc) is 2.99. The smallest absolute Gasteiger partial charge is 0.308 e. The van der Waals surface area contributed by atoms with E-state index >= 15 is 0 Å². The minimum absolute atomic E-state index is 0.0378. The summed E-state index contributed by atoms with van der Waals surface area (Å²) in [6.45, 7) is 2.43. The Kier molecular flexibility index (Phi) is 3.90.